The van der Waals surface area contributed by atoms with Crippen LogP contribution in [0.15, 0.2) is 35.7 Å². The van der Waals surface area contributed by atoms with Gasteiger partial charge in [-0.3, -0.25) is 4.79 Å². The molecule has 0 radical (unpaired) electrons. The van der Waals surface area contributed by atoms with E-state index >= 15 is 0 Å². The quantitative estimate of drug-likeness (QED) is 0.680. The summed E-state index contributed by atoms with van der Waals surface area (Å²) in [5, 5.41) is -0.582. The molecule has 4 rings (SSSR count). The number of nitrogens with zero attached hydrogens (tertiary/aromatic N) is 5. The molecule has 1 fully saturated rings. The maximum absolute atomic E-state index is 12.5. The Balaban J connectivity index is 1.51. The number of aromatic nitrogens is 4. The third kappa shape index (κ3) is 2.29. The van der Waals surface area contributed by atoms with Crippen molar-refractivity contribution < 1.29 is 13.2 Å². The van der Waals surface area contributed by atoms with Crippen molar-refractivity contribution in [3.63, 3.8) is 0 Å². The van der Waals surface area contributed by atoms with Crippen LogP contribution in [0.25, 0.3) is 11.0 Å². The number of likely N-dealkylation sites (tertiary alicyclic amines) is 1. The minimum Gasteiger partial charge on any atom is -0.336 e. The number of benzene rings is 1. The van der Waals surface area contributed by atoms with Crippen LogP contribution >= 0.6 is 11.7 Å². The number of carbonyl (C=O) groups excluding carboxylic acids is 1. The zero-order chi connectivity index (χ0) is 16.9. The standard InChI is InChI=1S/C14H13N5O3S2/c1-18-5-4-15-14(18)24(21,22)10-7-19(8-10)13(20)9-2-3-11-12(6-9)17-23-16-11/h2-6,10H,7-8H2,1H3. The molecule has 2 aromatic heterocycles. The van der Waals surface area contributed by atoms with Gasteiger partial charge in [0.2, 0.25) is 15.0 Å². The van der Waals surface area contributed by atoms with E-state index in [2.05, 4.69) is 13.7 Å². The summed E-state index contributed by atoms with van der Waals surface area (Å²) in [7, 11) is -1.89. The molecular formula is C14H13N5O3S2. The summed E-state index contributed by atoms with van der Waals surface area (Å²) in [5.41, 5.74) is 1.90. The topological polar surface area (TPSA) is 98.1 Å². The van der Waals surface area contributed by atoms with Crippen molar-refractivity contribution in [1.82, 2.24) is 23.2 Å². The van der Waals surface area contributed by atoms with Crippen molar-refractivity contribution in [3.05, 3.63) is 36.2 Å². The Hall–Kier alpha value is -2.33. The summed E-state index contributed by atoms with van der Waals surface area (Å²) in [6.07, 6.45) is 3.04. The van der Waals surface area contributed by atoms with Gasteiger partial charge in [0, 0.05) is 38.1 Å². The molecule has 124 valence electrons. The van der Waals surface area contributed by atoms with Gasteiger partial charge in [-0.15, -0.1) is 0 Å². The zero-order valence-corrected chi connectivity index (χ0v) is 14.3. The van der Waals surface area contributed by atoms with Crippen molar-refractivity contribution in [2.45, 2.75) is 10.4 Å². The van der Waals surface area contributed by atoms with Crippen LogP contribution in [0.3, 0.4) is 0 Å². The highest BCUT2D eigenvalue weighted by Gasteiger charge is 2.42. The molecule has 1 aliphatic rings. The molecule has 10 heteroatoms. The zero-order valence-electron chi connectivity index (χ0n) is 12.7. The number of sulfone groups is 1. The maximum atomic E-state index is 12.5. The SMILES string of the molecule is Cn1ccnc1S(=O)(=O)C1CN(C(=O)c2ccc3nsnc3c2)C1. The highest BCUT2D eigenvalue weighted by Crippen LogP contribution is 2.24. The van der Waals surface area contributed by atoms with Crippen molar-refractivity contribution in [2.75, 3.05) is 13.1 Å². The lowest BCUT2D eigenvalue weighted by atomic mass is 10.1. The highest BCUT2D eigenvalue weighted by molar-refractivity contribution is 7.92. The van der Waals surface area contributed by atoms with Crippen LogP contribution in [-0.2, 0) is 16.9 Å². The van der Waals surface area contributed by atoms with Crippen LogP contribution in [0.4, 0.5) is 0 Å². The summed E-state index contributed by atoms with van der Waals surface area (Å²) < 4.78 is 34.7. The molecule has 0 spiro atoms. The fourth-order valence-corrected chi connectivity index (χ4v) is 4.91. The van der Waals surface area contributed by atoms with Gasteiger partial charge in [0.1, 0.15) is 16.3 Å². The lowest BCUT2D eigenvalue weighted by Gasteiger charge is -2.38. The molecular weight excluding hydrogens is 350 g/mol. The largest absolute Gasteiger partial charge is 0.336 e. The van der Waals surface area contributed by atoms with E-state index in [0.29, 0.717) is 11.1 Å². The van der Waals surface area contributed by atoms with Gasteiger partial charge in [-0.1, -0.05) is 0 Å². The number of imidazole rings is 1. The molecule has 0 N–H and O–H groups in total. The maximum Gasteiger partial charge on any atom is 0.254 e. The predicted octanol–water partition coefficient (Wildman–Crippen LogP) is 0.723. The van der Waals surface area contributed by atoms with Gasteiger partial charge in [0.15, 0.2) is 0 Å². The molecule has 0 unspecified atom stereocenters. The minimum absolute atomic E-state index is 0.0366. The van der Waals surface area contributed by atoms with Gasteiger partial charge in [0.25, 0.3) is 5.91 Å². The summed E-state index contributed by atoms with van der Waals surface area (Å²) in [4.78, 5) is 17.9. The predicted molar refractivity (Wildman–Crippen MR) is 87.5 cm³/mol. The first-order chi connectivity index (χ1) is 11.5. The van der Waals surface area contributed by atoms with Crippen LogP contribution in [0.2, 0.25) is 0 Å². The molecule has 3 aromatic rings. The molecule has 1 amide bonds. The van der Waals surface area contributed by atoms with Crippen LogP contribution < -0.4 is 0 Å². The first kappa shape index (κ1) is 15.2. The van der Waals surface area contributed by atoms with Crippen LogP contribution in [0.1, 0.15) is 10.4 Å². The molecule has 1 saturated heterocycles. The molecule has 1 aliphatic heterocycles. The summed E-state index contributed by atoms with van der Waals surface area (Å²) in [6, 6.07) is 5.11. The van der Waals surface area contributed by atoms with Crippen molar-refractivity contribution in [2.24, 2.45) is 7.05 Å². The Morgan fingerprint density at radius 3 is 2.71 bits per heavy atom. The highest BCUT2D eigenvalue weighted by atomic mass is 32.2. The molecule has 0 bridgehead atoms. The molecule has 0 saturated carbocycles. The van der Waals surface area contributed by atoms with E-state index in [1.807, 2.05) is 0 Å². The normalized spacial score (nSPS) is 15.6. The Morgan fingerprint density at radius 1 is 1.25 bits per heavy atom. The fraction of sp³-hybridized carbons (Fsp3) is 0.286. The number of aryl methyl sites for hydroxylation is 1. The van der Waals surface area contributed by atoms with Crippen LogP contribution in [0, 0.1) is 0 Å². The number of fused-ring (bicyclic) bond motifs is 1. The Bertz CT molecular complexity index is 1030. The minimum atomic E-state index is -3.53. The average Bonchev–Trinajstić information content (AvgIpc) is 3.12. The summed E-state index contributed by atoms with van der Waals surface area (Å²) in [5.74, 6) is -0.198. The molecule has 3 heterocycles. The number of amides is 1. The third-order valence-electron chi connectivity index (χ3n) is 4.11. The molecule has 1 aromatic carbocycles. The van der Waals surface area contributed by atoms with E-state index in [1.54, 1.807) is 31.4 Å². The van der Waals surface area contributed by atoms with Crippen molar-refractivity contribution in [3.8, 4) is 0 Å². The van der Waals surface area contributed by atoms with Crippen molar-refractivity contribution >= 4 is 38.5 Å². The molecule has 0 aliphatic carbocycles. The summed E-state index contributed by atoms with van der Waals surface area (Å²) in [6.45, 7) is 0.336. The van der Waals surface area contributed by atoms with Crippen LogP contribution in [-0.4, -0.2) is 55.9 Å². The van der Waals surface area contributed by atoms with Gasteiger partial charge in [-0.2, -0.15) is 8.75 Å². The van der Waals surface area contributed by atoms with Crippen molar-refractivity contribution in [1.29, 1.82) is 0 Å². The number of carbonyl (C=O) groups is 1. The second-order valence-corrected chi connectivity index (χ2v) is 8.32. The number of rotatable bonds is 3. The Kier molecular flexibility index (Phi) is 3.39. The number of hydrogen-bond donors (Lipinski definition) is 0. The molecule has 0 atom stereocenters. The fourth-order valence-electron chi connectivity index (χ4n) is 2.67. The smallest absolute Gasteiger partial charge is 0.254 e. The van der Waals surface area contributed by atoms with Gasteiger partial charge in [0.05, 0.1) is 11.7 Å². The van der Waals surface area contributed by atoms with E-state index in [-0.39, 0.29) is 24.2 Å². The number of hydrogen-bond acceptors (Lipinski definition) is 7. The van der Waals surface area contributed by atoms with Gasteiger partial charge < -0.3 is 9.47 Å². The molecule has 8 nitrogen and oxygen atoms in total. The van der Waals surface area contributed by atoms with E-state index in [0.717, 1.165) is 17.2 Å². The average molecular weight is 363 g/mol. The van der Waals surface area contributed by atoms with E-state index in [1.165, 1.54) is 15.7 Å². The van der Waals surface area contributed by atoms with Gasteiger partial charge in [-0.25, -0.2) is 13.4 Å². The lowest BCUT2D eigenvalue weighted by molar-refractivity contribution is 0.0658. The Labute approximate surface area is 142 Å². The lowest BCUT2D eigenvalue weighted by Crippen LogP contribution is -2.57. The van der Waals surface area contributed by atoms with E-state index < -0.39 is 15.1 Å². The second-order valence-electron chi connectivity index (χ2n) is 5.67. The first-order valence-electron chi connectivity index (χ1n) is 7.19. The summed E-state index contributed by atoms with van der Waals surface area (Å²) >= 11 is 1.09. The van der Waals surface area contributed by atoms with E-state index in [4.69, 9.17) is 0 Å². The van der Waals surface area contributed by atoms with E-state index in [9.17, 15) is 13.2 Å². The second kappa shape index (κ2) is 5.35. The van der Waals surface area contributed by atoms with Crippen LogP contribution in [0.5, 0.6) is 0 Å². The van der Waals surface area contributed by atoms with Gasteiger partial charge in [-0.05, 0) is 18.2 Å². The Morgan fingerprint density at radius 2 is 2.00 bits per heavy atom. The van der Waals surface area contributed by atoms with Gasteiger partial charge >= 0.3 is 0 Å². The third-order valence-corrected chi connectivity index (χ3v) is 6.74. The first-order valence-corrected chi connectivity index (χ1v) is 9.47. The monoisotopic (exact) mass is 363 g/mol. The molecule has 24 heavy (non-hydrogen) atoms.